The molecule has 0 bridgehead atoms. The number of thiazole rings is 1. The first-order valence-corrected chi connectivity index (χ1v) is 12.2. The minimum Gasteiger partial charge on any atom is -0.503 e. The van der Waals surface area contributed by atoms with Crippen LogP contribution in [0.3, 0.4) is 0 Å². The predicted molar refractivity (Wildman–Crippen MR) is 135 cm³/mol. The number of hydrogen-bond donors (Lipinski definition) is 1. The summed E-state index contributed by atoms with van der Waals surface area (Å²) >= 11 is 1.26. The molecule has 3 aromatic rings. The van der Waals surface area contributed by atoms with Gasteiger partial charge in [-0.3, -0.25) is 9.59 Å². The van der Waals surface area contributed by atoms with Crippen molar-refractivity contribution in [1.29, 1.82) is 0 Å². The maximum absolute atomic E-state index is 13.8. The first-order chi connectivity index (χ1) is 16.8. The summed E-state index contributed by atoms with van der Waals surface area (Å²) in [6, 6.07) is 16.1. The van der Waals surface area contributed by atoms with Crippen LogP contribution in [0.25, 0.3) is 10.6 Å². The van der Waals surface area contributed by atoms with Crippen LogP contribution in [0.15, 0.2) is 65.9 Å². The second-order valence-corrected chi connectivity index (χ2v) is 9.52. The first-order valence-electron chi connectivity index (χ1n) is 11.4. The number of Topliss-reactive ketones (excluding diaryl/α,β-unsaturated/α-hetero) is 1. The Labute approximate surface area is 208 Å². The fraction of sp³-hybridized carbons (Fsp3) is 0.296. The van der Waals surface area contributed by atoms with Crippen molar-refractivity contribution in [2.45, 2.75) is 32.9 Å². The molecule has 35 heavy (non-hydrogen) atoms. The average molecular weight is 493 g/mol. The van der Waals surface area contributed by atoms with E-state index in [2.05, 4.69) is 4.98 Å². The number of ketones is 1. The van der Waals surface area contributed by atoms with E-state index in [0.717, 1.165) is 5.56 Å². The van der Waals surface area contributed by atoms with E-state index in [-0.39, 0.29) is 24.8 Å². The number of aliphatic hydroxyl groups is 1. The molecule has 182 valence electrons. The number of carbonyl (C=O) groups is 2. The molecule has 1 N–H and O–H groups in total. The van der Waals surface area contributed by atoms with Crippen molar-refractivity contribution >= 4 is 23.0 Å². The van der Waals surface area contributed by atoms with Crippen LogP contribution in [0.5, 0.6) is 5.75 Å². The molecule has 0 saturated heterocycles. The van der Waals surface area contributed by atoms with E-state index in [0.29, 0.717) is 26.9 Å². The first kappa shape index (κ1) is 24.6. The molecule has 2 aromatic carbocycles. The summed E-state index contributed by atoms with van der Waals surface area (Å²) in [6.45, 7) is 6.13. The number of aromatic nitrogens is 1. The van der Waals surface area contributed by atoms with Gasteiger partial charge in [-0.1, -0.05) is 42.5 Å². The number of ether oxygens (including phenoxy) is 2. The lowest BCUT2D eigenvalue weighted by Crippen LogP contribution is -2.34. The lowest BCUT2D eigenvalue weighted by atomic mass is 9.95. The number of aliphatic hydroxyl groups excluding tert-OH is 1. The Morgan fingerprint density at radius 1 is 1.14 bits per heavy atom. The summed E-state index contributed by atoms with van der Waals surface area (Å²) in [7, 11) is 1.54. The van der Waals surface area contributed by atoms with Crippen LogP contribution in [0.1, 0.15) is 40.8 Å². The number of hydrogen-bond acceptors (Lipinski definition) is 7. The van der Waals surface area contributed by atoms with Crippen LogP contribution in [-0.2, 0) is 9.53 Å². The third-order valence-electron chi connectivity index (χ3n) is 5.68. The van der Waals surface area contributed by atoms with E-state index in [4.69, 9.17) is 9.47 Å². The molecule has 2 heterocycles. The van der Waals surface area contributed by atoms with Crippen molar-refractivity contribution in [3.8, 4) is 16.3 Å². The molecule has 0 radical (unpaired) electrons. The monoisotopic (exact) mass is 492 g/mol. The summed E-state index contributed by atoms with van der Waals surface area (Å²) in [4.78, 5) is 33.3. The highest BCUT2D eigenvalue weighted by molar-refractivity contribution is 7.17. The smallest absolute Gasteiger partial charge is 0.290 e. The SMILES string of the molecule is COCCN1C(=O)C(O)=C(C(=O)c2sc(-c3ccccc3)nc2C)C1c1ccc(OC(C)C)cc1. The van der Waals surface area contributed by atoms with E-state index >= 15 is 0 Å². The maximum atomic E-state index is 13.8. The highest BCUT2D eigenvalue weighted by atomic mass is 32.1. The Bertz CT molecular complexity index is 1250. The molecule has 1 aliphatic rings. The van der Waals surface area contributed by atoms with Gasteiger partial charge in [0, 0.05) is 19.2 Å². The van der Waals surface area contributed by atoms with Gasteiger partial charge in [-0.05, 0) is 38.5 Å². The number of aryl methyl sites for hydroxylation is 1. The van der Waals surface area contributed by atoms with Crippen molar-refractivity contribution < 1.29 is 24.2 Å². The second kappa shape index (κ2) is 10.4. The fourth-order valence-corrected chi connectivity index (χ4v) is 5.11. The number of nitrogens with zero attached hydrogens (tertiary/aromatic N) is 2. The van der Waals surface area contributed by atoms with Crippen molar-refractivity contribution in [3.63, 3.8) is 0 Å². The van der Waals surface area contributed by atoms with Crippen molar-refractivity contribution in [2.24, 2.45) is 0 Å². The summed E-state index contributed by atoms with van der Waals surface area (Å²) in [5.74, 6) is -0.847. The van der Waals surface area contributed by atoms with E-state index < -0.39 is 23.5 Å². The van der Waals surface area contributed by atoms with Crippen LogP contribution in [0, 0.1) is 6.92 Å². The van der Waals surface area contributed by atoms with Crippen molar-refractivity contribution in [2.75, 3.05) is 20.3 Å². The number of benzene rings is 2. The Morgan fingerprint density at radius 2 is 1.83 bits per heavy atom. The molecule has 0 aliphatic carbocycles. The molecule has 1 amide bonds. The molecule has 1 aliphatic heterocycles. The number of carbonyl (C=O) groups excluding carboxylic acids is 2. The Morgan fingerprint density at radius 3 is 2.46 bits per heavy atom. The Kier molecular flexibility index (Phi) is 7.33. The number of amides is 1. The van der Waals surface area contributed by atoms with Gasteiger partial charge in [0.25, 0.3) is 5.91 Å². The summed E-state index contributed by atoms with van der Waals surface area (Å²) < 4.78 is 10.9. The molecular formula is C27H28N2O5S. The van der Waals surface area contributed by atoms with Gasteiger partial charge in [-0.2, -0.15) is 0 Å². The lowest BCUT2D eigenvalue weighted by molar-refractivity contribution is -0.130. The van der Waals surface area contributed by atoms with Crippen LogP contribution in [0.2, 0.25) is 0 Å². The number of rotatable bonds is 9. The molecule has 4 rings (SSSR count). The van der Waals surface area contributed by atoms with Gasteiger partial charge < -0.3 is 19.5 Å². The quantitative estimate of drug-likeness (QED) is 0.417. The Balaban J connectivity index is 1.74. The molecule has 0 fully saturated rings. The minimum absolute atomic E-state index is 0.0151. The zero-order valence-corrected chi connectivity index (χ0v) is 21.0. The van der Waals surface area contributed by atoms with E-state index in [1.165, 1.54) is 16.2 Å². The molecule has 1 atom stereocenters. The van der Waals surface area contributed by atoms with Gasteiger partial charge in [0.05, 0.1) is 34.9 Å². The van der Waals surface area contributed by atoms with Crippen LogP contribution < -0.4 is 4.74 Å². The van der Waals surface area contributed by atoms with E-state index in [1.807, 2.05) is 56.3 Å². The van der Waals surface area contributed by atoms with Gasteiger partial charge in [-0.25, -0.2) is 4.98 Å². The van der Waals surface area contributed by atoms with E-state index in [9.17, 15) is 14.7 Å². The van der Waals surface area contributed by atoms with Gasteiger partial charge in [-0.15, -0.1) is 11.3 Å². The van der Waals surface area contributed by atoms with Gasteiger partial charge >= 0.3 is 0 Å². The normalized spacial score (nSPS) is 15.9. The van der Waals surface area contributed by atoms with Gasteiger partial charge in [0.2, 0.25) is 5.78 Å². The number of methoxy groups -OCH3 is 1. The van der Waals surface area contributed by atoms with E-state index in [1.54, 1.807) is 26.2 Å². The zero-order valence-electron chi connectivity index (χ0n) is 20.1. The van der Waals surface area contributed by atoms with Crippen molar-refractivity contribution in [1.82, 2.24) is 9.88 Å². The molecule has 1 unspecified atom stereocenters. The molecule has 8 heteroatoms. The molecule has 7 nitrogen and oxygen atoms in total. The largest absolute Gasteiger partial charge is 0.503 e. The molecular weight excluding hydrogens is 464 g/mol. The van der Waals surface area contributed by atoms with Crippen LogP contribution in [-0.4, -0.2) is 53.0 Å². The van der Waals surface area contributed by atoms with Crippen LogP contribution >= 0.6 is 11.3 Å². The lowest BCUT2D eigenvalue weighted by Gasteiger charge is -2.26. The summed E-state index contributed by atoms with van der Waals surface area (Å²) in [5.41, 5.74) is 2.21. The second-order valence-electron chi connectivity index (χ2n) is 8.52. The third kappa shape index (κ3) is 4.99. The maximum Gasteiger partial charge on any atom is 0.290 e. The van der Waals surface area contributed by atoms with Gasteiger partial charge in [0.1, 0.15) is 10.8 Å². The topological polar surface area (TPSA) is 89.0 Å². The Hall–Kier alpha value is -3.49. The highest BCUT2D eigenvalue weighted by Gasteiger charge is 2.44. The summed E-state index contributed by atoms with van der Waals surface area (Å²) in [6.07, 6.45) is 0.0151. The van der Waals surface area contributed by atoms with Crippen LogP contribution in [0.4, 0.5) is 0 Å². The minimum atomic E-state index is -0.750. The third-order valence-corrected chi connectivity index (χ3v) is 6.88. The summed E-state index contributed by atoms with van der Waals surface area (Å²) in [5, 5.41) is 11.6. The van der Waals surface area contributed by atoms with Gasteiger partial charge in [0.15, 0.2) is 5.76 Å². The zero-order chi connectivity index (χ0) is 25.1. The molecule has 0 saturated carbocycles. The highest BCUT2D eigenvalue weighted by Crippen LogP contribution is 2.41. The predicted octanol–water partition coefficient (Wildman–Crippen LogP) is 5.13. The average Bonchev–Trinajstić information content (AvgIpc) is 3.35. The standard InChI is InChI=1S/C27H28N2O5S/c1-16(2)34-20-12-10-18(11-13-20)22-21(24(31)27(32)29(22)14-15-33-4)23(30)25-17(3)28-26(35-25)19-8-6-5-7-9-19/h5-13,16,22,31H,14-15H2,1-4H3. The van der Waals surface area contributed by atoms with Crippen molar-refractivity contribution in [3.05, 3.63) is 82.1 Å². The molecule has 0 spiro atoms. The fourth-order valence-electron chi connectivity index (χ4n) is 4.09. The molecule has 1 aromatic heterocycles.